The van der Waals surface area contributed by atoms with Gasteiger partial charge in [-0.05, 0) is 54.1 Å². The number of pyridine rings is 1. The second kappa shape index (κ2) is 11.3. The fourth-order valence-corrected chi connectivity index (χ4v) is 3.58. The molecule has 2 N–H and O–H groups in total. The molecule has 1 fully saturated rings. The van der Waals surface area contributed by atoms with Crippen molar-refractivity contribution >= 4 is 35.3 Å². The summed E-state index contributed by atoms with van der Waals surface area (Å²) in [6, 6.07) is 16.0. The van der Waals surface area contributed by atoms with Gasteiger partial charge in [-0.2, -0.15) is 0 Å². The molecule has 4 rings (SSSR count). The van der Waals surface area contributed by atoms with Crippen LogP contribution in [-0.2, 0) is 11.3 Å². The van der Waals surface area contributed by atoms with E-state index in [2.05, 4.69) is 20.8 Å². The van der Waals surface area contributed by atoms with Gasteiger partial charge in [-0.25, -0.2) is 14.5 Å². The van der Waals surface area contributed by atoms with Crippen molar-refractivity contribution < 1.29 is 19.1 Å². The highest BCUT2D eigenvalue weighted by atomic mass is 35.5. The van der Waals surface area contributed by atoms with Crippen molar-refractivity contribution in [3.63, 3.8) is 0 Å². The Labute approximate surface area is 211 Å². The highest BCUT2D eigenvalue weighted by Gasteiger charge is 2.38. The largest absolute Gasteiger partial charge is 0.456 e. The topological polar surface area (TPSA) is 133 Å². The minimum atomic E-state index is -0.950. The van der Waals surface area contributed by atoms with Crippen LogP contribution in [0.25, 0.3) is 0 Å². The Bertz CT molecular complexity index is 1240. The summed E-state index contributed by atoms with van der Waals surface area (Å²) in [7, 11) is 0. The number of benzene rings is 2. The molecule has 1 aliphatic heterocycles. The number of imide groups is 1. The first kappa shape index (κ1) is 24.6. The molecule has 11 nitrogen and oxygen atoms in total. The molecule has 12 heteroatoms. The van der Waals surface area contributed by atoms with Gasteiger partial charge in [0, 0.05) is 28.6 Å². The molecule has 36 heavy (non-hydrogen) atoms. The van der Waals surface area contributed by atoms with Crippen LogP contribution in [0.3, 0.4) is 0 Å². The Morgan fingerprint density at radius 1 is 1.08 bits per heavy atom. The summed E-state index contributed by atoms with van der Waals surface area (Å²) in [5.74, 6) is 0.212. The summed E-state index contributed by atoms with van der Waals surface area (Å²) < 4.78 is 5.74. The van der Waals surface area contributed by atoms with Gasteiger partial charge < -0.3 is 10.1 Å². The van der Waals surface area contributed by atoms with Gasteiger partial charge in [0.1, 0.15) is 11.5 Å². The van der Waals surface area contributed by atoms with Gasteiger partial charge in [0.05, 0.1) is 19.2 Å². The number of urea groups is 2. The number of carbonyl (C=O) groups excluding carboxylic acids is 3. The first-order valence-corrected chi connectivity index (χ1v) is 11.2. The Hall–Kier alpha value is -4.51. The number of aromatic nitrogens is 1. The van der Waals surface area contributed by atoms with E-state index in [0.717, 1.165) is 10.5 Å². The molecule has 0 bridgehead atoms. The molecule has 1 aromatic heterocycles. The van der Waals surface area contributed by atoms with Crippen LogP contribution in [0.1, 0.15) is 12.0 Å². The van der Waals surface area contributed by atoms with E-state index in [1.807, 2.05) is 0 Å². The number of hydrogen-bond donors (Lipinski definition) is 2. The summed E-state index contributed by atoms with van der Waals surface area (Å²) in [5, 5.41) is 8.70. The van der Waals surface area contributed by atoms with E-state index < -0.39 is 24.3 Å². The van der Waals surface area contributed by atoms with E-state index in [0.29, 0.717) is 22.2 Å². The van der Waals surface area contributed by atoms with E-state index in [4.69, 9.17) is 16.3 Å². The number of nitrogens with one attached hydrogen (secondary N) is 2. The predicted molar refractivity (Wildman–Crippen MR) is 131 cm³/mol. The number of halogens is 1. The van der Waals surface area contributed by atoms with Crippen molar-refractivity contribution in [1.82, 2.24) is 20.1 Å². The van der Waals surface area contributed by atoms with Crippen LogP contribution in [-0.4, -0.2) is 45.6 Å². The number of carbonyl (C=O) groups is 3. The van der Waals surface area contributed by atoms with Crippen LogP contribution in [0.2, 0.25) is 5.02 Å². The smallest absolute Gasteiger partial charge is 0.331 e. The lowest BCUT2D eigenvalue weighted by Crippen LogP contribution is -2.67. The van der Waals surface area contributed by atoms with Crippen LogP contribution >= 0.6 is 11.6 Å². The zero-order valence-corrected chi connectivity index (χ0v) is 19.6. The number of nitrogens with zero attached hydrogens (tertiary/aromatic N) is 4. The van der Waals surface area contributed by atoms with Crippen molar-refractivity contribution in [1.29, 1.82) is 0 Å². The molecule has 2 heterocycles. The monoisotopic (exact) mass is 508 g/mol. The standard InChI is InChI=1S/C24H21ClN6O5/c25-17-5-3-16(4-6-17)15-31-22(28-23(33)30(24(31)34)13-11-21(32)29-35)27-18-7-9-19(10-8-18)36-20-2-1-12-26-14-20/h1-10,12,14,22,27H,11,13,15H2,(H,28,33). The van der Waals surface area contributed by atoms with Crippen LogP contribution in [0, 0.1) is 4.91 Å². The SMILES string of the molecule is O=NC(=O)CCN1C(=O)NC(Nc2ccc(Oc3cccnc3)cc2)N(Cc2ccc(Cl)cc2)C1=O. The number of ether oxygens (including phenoxy) is 1. The van der Waals surface area contributed by atoms with Crippen LogP contribution in [0.5, 0.6) is 11.5 Å². The number of amides is 5. The number of nitroso groups, excluding NO2 is 1. The molecule has 0 saturated carbocycles. The predicted octanol–water partition coefficient (Wildman–Crippen LogP) is 4.55. The first-order chi connectivity index (χ1) is 17.4. The first-order valence-electron chi connectivity index (χ1n) is 10.9. The third-order valence-electron chi connectivity index (χ3n) is 5.24. The lowest BCUT2D eigenvalue weighted by Gasteiger charge is -2.41. The molecule has 5 amide bonds. The van der Waals surface area contributed by atoms with E-state index in [1.165, 1.54) is 4.90 Å². The van der Waals surface area contributed by atoms with Gasteiger partial charge in [0.25, 0.3) is 5.91 Å². The third kappa shape index (κ3) is 6.13. The highest BCUT2D eigenvalue weighted by Crippen LogP contribution is 2.24. The Morgan fingerprint density at radius 3 is 2.50 bits per heavy atom. The molecule has 0 aliphatic carbocycles. The number of rotatable bonds is 9. The molecule has 3 aromatic rings. The van der Waals surface area contributed by atoms with E-state index >= 15 is 0 Å². The van der Waals surface area contributed by atoms with Crippen LogP contribution in [0.4, 0.5) is 15.3 Å². The summed E-state index contributed by atoms with van der Waals surface area (Å²) in [6.45, 7) is -0.147. The van der Waals surface area contributed by atoms with Gasteiger partial charge in [-0.15, -0.1) is 4.91 Å². The van der Waals surface area contributed by atoms with Gasteiger partial charge in [0.2, 0.25) is 0 Å². The molecule has 1 atom stereocenters. The molecular formula is C24H21ClN6O5. The molecule has 1 unspecified atom stereocenters. The van der Waals surface area contributed by atoms with Crippen molar-refractivity contribution in [2.24, 2.45) is 5.18 Å². The molecule has 184 valence electrons. The average Bonchev–Trinajstić information content (AvgIpc) is 2.89. The number of hydrogen-bond acceptors (Lipinski definition) is 7. The van der Waals surface area contributed by atoms with Crippen molar-refractivity contribution in [3.05, 3.63) is 88.6 Å². The second-order valence-corrected chi connectivity index (χ2v) is 8.17. The Balaban J connectivity index is 1.51. The van der Waals surface area contributed by atoms with E-state index in [1.54, 1.807) is 73.1 Å². The van der Waals surface area contributed by atoms with Gasteiger partial charge in [-0.1, -0.05) is 23.7 Å². The van der Waals surface area contributed by atoms with Gasteiger partial charge in [0.15, 0.2) is 6.29 Å². The minimum absolute atomic E-state index is 0.131. The Morgan fingerprint density at radius 2 is 1.83 bits per heavy atom. The number of anilines is 1. The van der Waals surface area contributed by atoms with E-state index in [-0.39, 0.29) is 19.5 Å². The van der Waals surface area contributed by atoms with Crippen LogP contribution in [0.15, 0.2) is 78.2 Å². The molecular weight excluding hydrogens is 488 g/mol. The molecule has 0 spiro atoms. The maximum atomic E-state index is 13.2. The molecule has 2 aromatic carbocycles. The van der Waals surface area contributed by atoms with Crippen molar-refractivity contribution in [3.8, 4) is 11.5 Å². The van der Waals surface area contributed by atoms with Crippen molar-refractivity contribution in [2.45, 2.75) is 19.3 Å². The minimum Gasteiger partial charge on any atom is -0.456 e. The lowest BCUT2D eigenvalue weighted by molar-refractivity contribution is -0.118. The average molecular weight is 509 g/mol. The quantitative estimate of drug-likeness (QED) is 0.405. The maximum Gasteiger partial charge on any atom is 0.331 e. The molecule has 0 radical (unpaired) electrons. The second-order valence-electron chi connectivity index (χ2n) is 7.74. The summed E-state index contributed by atoms with van der Waals surface area (Å²) in [5.41, 5.74) is 1.38. The normalized spacial score (nSPS) is 15.3. The summed E-state index contributed by atoms with van der Waals surface area (Å²) in [4.78, 5) is 53.9. The Kier molecular flexibility index (Phi) is 7.71. The third-order valence-corrected chi connectivity index (χ3v) is 5.49. The lowest BCUT2D eigenvalue weighted by atomic mass is 10.2. The fourth-order valence-electron chi connectivity index (χ4n) is 3.46. The zero-order chi connectivity index (χ0) is 25.5. The zero-order valence-electron chi connectivity index (χ0n) is 18.8. The maximum absolute atomic E-state index is 13.2. The van der Waals surface area contributed by atoms with E-state index in [9.17, 15) is 19.3 Å². The van der Waals surface area contributed by atoms with Crippen molar-refractivity contribution in [2.75, 3.05) is 11.9 Å². The van der Waals surface area contributed by atoms with Crippen LogP contribution < -0.4 is 15.4 Å². The molecule has 1 saturated heterocycles. The fraction of sp³-hybridized carbons (Fsp3) is 0.167. The highest BCUT2D eigenvalue weighted by molar-refractivity contribution is 6.30. The summed E-state index contributed by atoms with van der Waals surface area (Å²) >= 11 is 5.97. The molecule has 1 aliphatic rings. The van der Waals surface area contributed by atoms with Gasteiger partial charge in [-0.3, -0.25) is 20.0 Å². The van der Waals surface area contributed by atoms with Gasteiger partial charge >= 0.3 is 12.1 Å². The summed E-state index contributed by atoms with van der Waals surface area (Å²) in [6.07, 6.45) is 1.97.